The second-order valence-electron chi connectivity index (χ2n) is 10.3. The van der Waals surface area contributed by atoms with Gasteiger partial charge < -0.3 is 9.47 Å². The Balaban J connectivity index is 1.42. The fraction of sp³-hybridized carbons (Fsp3) is 0.0256. The Hall–Kier alpha value is -5.04. The van der Waals surface area contributed by atoms with Gasteiger partial charge in [0.15, 0.2) is 0 Å². The van der Waals surface area contributed by atoms with Crippen LogP contribution in [-0.4, -0.2) is 4.57 Å². The number of rotatable bonds is 4. The van der Waals surface area contributed by atoms with Gasteiger partial charge in [-0.15, -0.1) is 6.42 Å². The number of hydrogen-bond acceptors (Lipinski definition) is 1. The molecule has 0 aliphatic heterocycles. The Morgan fingerprint density at radius 3 is 1.81 bits per heavy atom. The largest absolute Gasteiger partial charge is 0.310 e. The molecule has 0 saturated carbocycles. The van der Waals surface area contributed by atoms with Crippen LogP contribution < -0.4 is 15.5 Å². The summed E-state index contributed by atoms with van der Waals surface area (Å²) in [6.45, 7) is 2.06. The molecule has 0 N–H and O–H groups in total. The Morgan fingerprint density at radius 2 is 1.24 bits per heavy atom. The van der Waals surface area contributed by atoms with Crippen LogP contribution in [0.1, 0.15) is 6.92 Å². The summed E-state index contributed by atoms with van der Waals surface area (Å²) in [6.07, 6.45) is 9.79. The number of hydrogen-bond donors (Lipinski definition) is 0. The lowest BCUT2D eigenvalue weighted by atomic mass is 10.1. The second kappa shape index (κ2) is 10.7. The molecule has 3 heteroatoms. The first-order valence-corrected chi connectivity index (χ1v) is 14.8. The number of fused-ring (bicyclic) bond motifs is 3. The van der Waals surface area contributed by atoms with E-state index in [4.69, 9.17) is 6.42 Å². The topological polar surface area (TPSA) is 8.17 Å². The van der Waals surface area contributed by atoms with Crippen molar-refractivity contribution in [2.45, 2.75) is 6.92 Å². The van der Waals surface area contributed by atoms with Gasteiger partial charge in [0.05, 0.1) is 10.9 Å². The summed E-state index contributed by atoms with van der Waals surface area (Å²) in [5.41, 5.74) is 5.44. The zero-order chi connectivity index (χ0) is 28.6. The Bertz CT molecular complexity index is 2210. The molecule has 1 aromatic heterocycles. The summed E-state index contributed by atoms with van der Waals surface area (Å²) < 4.78 is 3.30. The van der Waals surface area contributed by atoms with Crippen LogP contribution in [0.4, 0.5) is 17.1 Å². The molecule has 0 unspecified atom stereocenters. The van der Waals surface area contributed by atoms with Crippen LogP contribution in [-0.2, 0) is 0 Å². The minimum Gasteiger partial charge on any atom is -0.310 e. The van der Waals surface area contributed by atoms with Crippen molar-refractivity contribution in [1.82, 2.24) is 4.57 Å². The van der Waals surface area contributed by atoms with Crippen LogP contribution in [0.3, 0.4) is 0 Å². The summed E-state index contributed by atoms with van der Waals surface area (Å²) in [5, 5.41) is 8.13. The molecule has 42 heavy (non-hydrogen) atoms. The Morgan fingerprint density at radius 1 is 0.667 bits per heavy atom. The third-order valence-corrected chi connectivity index (χ3v) is 8.54. The molecule has 0 atom stereocenters. The van der Waals surface area contributed by atoms with Gasteiger partial charge in [0.1, 0.15) is 0 Å². The number of anilines is 3. The van der Waals surface area contributed by atoms with E-state index in [1.54, 1.807) is 0 Å². The zero-order valence-corrected chi connectivity index (χ0v) is 24.7. The summed E-state index contributed by atoms with van der Waals surface area (Å²) >= 11 is 3.77. The van der Waals surface area contributed by atoms with Crippen molar-refractivity contribution in [1.29, 1.82) is 0 Å². The maximum atomic E-state index is 5.81. The molecule has 0 amide bonds. The molecule has 0 bridgehead atoms. The lowest BCUT2D eigenvalue weighted by Crippen LogP contribution is -2.28. The lowest BCUT2D eigenvalue weighted by Gasteiger charge is -2.26. The number of nitrogens with zero attached hydrogens (tertiary/aromatic N) is 2. The normalized spacial score (nSPS) is 12.3. The average molecular weight is 604 g/mol. The van der Waals surface area contributed by atoms with Crippen molar-refractivity contribution in [3.8, 4) is 18.0 Å². The SMILES string of the molecule is C#C/C=c1\c(=C/C)c2c(Br)cccc2n1-c1ccc(N(c2ccc3ccccc3c2)c2ccc3ccccc3c2)cc1. The van der Waals surface area contributed by atoms with E-state index in [2.05, 4.69) is 172 Å². The average Bonchev–Trinajstić information content (AvgIpc) is 3.35. The maximum absolute atomic E-state index is 5.81. The number of halogens is 1. The van der Waals surface area contributed by atoms with Crippen molar-refractivity contribution < 1.29 is 0 Å². The van der Waals surface area contributed by atoms with Crippen molar-refractivity contribution in [2.24, 2.45) is 0 Å². The standard InChI is InChI=1S/C39H27BrN2/c1-3-10-37-35(4-2)39-36(40)15-9-16-38(39)42(37)32-23-21-31(22-24-32)41(33-19-17-27-11-5-7-13-29(27)25-33)34-20-18-28-12-6-8-14-30(28)26-34/h1,4-26H,2H3/b35-4+,37-10+. The predicted molar refractivity (Wildman–Crippen MR) is 183 cm³/mol. The molecule has 2 nitrogen and oxygen atoms in total. The molecule has 0 radical (unpaired) electrons. The molecule has 200 valence electrons. The van der Waals surface area contributed by atoms with Gasteiger partial charge in [0.25, 0.3) is 0 Å². The van der Waals surface area contributed by atoms with Crippen molar-refractivity contribution in [2.75, 3.05) is 4.90 Å². The quantitative estimate of drug-likeness (QED) is 0.182. The van der Waals surface area contributed by atoms with E-state index in [1.165, 1.54) is 21.5 Å². The summed E-state index contributed by atoms with van der Waals surface area (Å²) in [7, 11) is 0. The molecule has 0 saturated heterocycles. The van der Waals surface area contributed by atoms with Gasteiger partial charge >= 0.3 is 0 Å². The summed E-state index contributed by atoms with van der Waals surface area (Å²) in [4.78, 5) is 2.33. The van der Waals surface area contributed by atoms with Gasteiger partial charge in [0.2, 0.25) is 0 Å². The van der Waals surface area contributed by atoms with Gasteiger partial charge in [-0.05, 0) is 89.1 Å². The van der Waals surface area contributed by atoms with Crippen LogP contribution in [0.2, 0.25) is 0 Å². The van der Waals surface area contributed by atoms with Crippen molar-refractivity contribution in [3.63, 3.8) is 0 Å². The molecular weight excluding hydrogens is 576 g/mol. The molecule has 7 rings (SSSR count). The molecular formula is C39H27BrN2. The smallest absolute Gasteiger partial charge is 0.0621 e. The van der Waals surface area contributed by atoms with Crippen LogP contribution in [0.5, 0.6) is 0 Å². The first-order chi connectivity index (χ1) is 20.7. The maximum Gasteiger partial charge on any atom is 0.0621 e. The van der Waals surface area contributed by atoms with Gasteiger partial charge in [-0.2, -0.15) is 0 Å². The van der Waals surface area contributed by atoms with E-state index in [0.717, 1.165) is 48.7 Å². The number of terminal acetylenes is 1. The van der Waals surface area contributed by atoms with E-state index >= 15 is 0 Å². The van der Waals surface area contributed by atoms with Crippen LogP contribution in [0, 0.1) is 12.3 Å². The fourth-order valence-electron chi connectivity index (χ4n) is 5.97. The molecule has 0 aliphatic carbocycles. The molecule has 6 aromatic carbocycles. The molecule has 0 spiro atoms. The second-order valence-corrected chi connectivity index (χ2v) is 11.1. The fourth-order valence-corrected chi connectivity index (χ4v) is 6.53. The minimum atomic E-state index is 0.996. The van der Waals surface area contributed by atoms with Crippen LogP contribution in [0.25, 0.3) is 50.3 Å². The van der Waals surface area contributed by atoms with Crippen LogP contribution >= 0.6 is 15.9 Å². The Kier molecular flexibility index (Phi) is 6.62. The number of aromatic nitrogens is 1. The predicted octanol–water partition coefficient (Wildman–Crippen LogP) is 9.38. The minimum absolute atomic E-state index is 0.996. The monoisotopic (exact) mass is 602 g/mol. The van der Waals surface area contributed by atoms with E-state index in [9.17, 15) is 0 Å². The first kappa shape index (κ1) is 25.9. The molecule has 0 fully saturated rings. The van der Waals surface area contributed by atoms with E-state index in [-0.39, 0.29) is 0 Å². The van der Waals surface area contributed by atoms with Gasteiger partial charge in [-0.1, -0.05) is 94.7 Å². The van der Waals surface area contributed by atoms with E-state index < -0.39 is 0 Å². The van der Waals surface area contributed by atoms with Gasteiger partial charge in [-0.3, -0.25) is 0 Å². The molecule has 1 heterocycles. The lowest BCUT2D eigenvalue weighted by molar-refractivity contribution is 1.07. The highest BCUT2D eigenvalue weighted by atomic mass is 79.9. The van der Waals surface area contributed by atoms with Gasteiger partial charge in [0, 0.05) is 43.9 Å². The highest BCUT2D eigenvalue weighted by Gasteiger charge is 2.16. The zero-order valence-electron chi connectivity index (χ0n) is 23.1. The summed E-state index contributed by atoms with van der Waals surface area (Å²) in [6, 6.07) is 45.3. The third kappa shape index (κ3) is 4.38. The van der Waals surface area contributed by atoms with Crippen LogP contribution in [0.15, 0.2) is 132 Å². The van der Waals surface area contributed by atoms with Crippen molar-refractivity contribution >= 4 is 77.6 Å². The van der Waals surface area contributed by atoms with Gasteiger partial charge in [-0.25, -0.2) is 0 Å². The highest BCUT2D eigenvalue weighted by molar-refractivity contribution is 9.10. The Labute approximate surface area is 253 Å². The summed E-state index contributed by atoms with van der Waals surface area (Å²) in [5.74, 6) is 2.76. The third-order valence-electron chi connectivity index (χ3n) is 7.88. The molecule has 0 aliphatic rings. The molecule has 7 aromatic rings. The first-order valence-electron chi connectivity index (χ1n) is 14.0. The highest BCUT2D eigenvalue weighted by Crippen LogP contribution is 2.38. The van der Waals surface area contributed by atoms with Crippen molar-refractivity contribution in [3.05, 3.63) is 142 Å². The number of benzene rings is 6. The van der Waals surface area contributed by atoms with E-state index in [1.807, 2.05) is 6.08 Å². The van der Waals surface area contributed by atoms with E-state index in [0.29, 0.717) is 0 Å².